The van der Waals surface area contributed by atoms with Crippen LogP contribution in [0.3, 0.4) is 0 Å². The molecule has 4 fully saturated rings. The molecule has 5 aliphatic rings. The molecule has 2 aromatic rings. The summed E-state index contributed by atoms with van der Waals surface area (Å²) in [6.07, 6.45) is -0.501. The second-order valence-electron chi connectivity index (χ2n) is 14.0. The quantitative estimate of drug-likeness (QED) is 0.326. The molecule has 10 atom stereocenters. The van der Waals surface area contributed by atoms with Crippen LogP contribution in [-0.4, -0.2) is 57.2 Å². The predicted octanol–water partition coefficient (Wildman–Crippen LogP) is 6.76. The van der Waals surface area contributed by atoms with E-state index < -0.39 is 75.3 Å². The highest BCUT2D eigenvalue weighted by Crippen LogP contribution is 2.73. The number of nitrogens with zero attached hydrogens (tertiary/aromatic N) is 1. The molecule has 1 aliphatic heterocycles. The Kier molecular flexibility index (Phi) is 8.11. The van der Waals surface area contributed by atoms with Crippen LogP contribution >= 0.6 is 11.8 Å². The molecule has 1 unspecified atom stereocenters. The van der Waals surface area contributed by atoms with Crippen LogP contribution in [0.1, 0.15) is 50.5 Å². The number of fused-ring (bicyclic) bond motifs is 7. The average molecular weight is 672 g/mol. The molecular formula is C36H37F4NO5S. The lowest BCUT2D eigenvalue weighted by atomic mass is 9.44. The number of ether oxygens (including phenoxy) is 1. The second kappa shape index (κ2) is 11.7. The van der Waals surface area contributed by atoms with Crippen LogP contribution in [0, 0.1) is 34.4 Å². The van der Waals surface area contributed by atoms with E-state index in [0.717, 1.165) is 11.6 Å². The molecule has 11 heteroatoms. The summed E-state index contributed by atoms with van der Waals surface area (Å²) in [6, 6.07) is 14.1. The molecule has 3 saturated carbocycles. The van der Waals surface area contributed by atoms with Gasteiger partial charge in [-0.3, -0.25) is 14.4 Å². The van der Waals surface area contributed by atoms with Crippen LogP contribution < -0.4 is 0 Å². The normalized spacial score (nSPS) is 39.9. The van der Waals surface area contributed by atoms with Crippen molar-refractivity contribution in [3.8, 4) is 0 Å². The Morgan fingerprint density at radius 1 is 1.13 bits per heavy atom. The molecular weight excluding hydrogens is 634 g/mol. The molecule has 0 aromatic heterocycles. The zero-order chi connectivity index (χ0) is 33.4. The van der Waals surface area contributed by atoms with E-state index in [1.165, 1.54) is 31.2 Å². The number of allylic oxidation sites excluding steroid dienone is 4. The minimum atomic E-state index is -2.32. The van der Waals surface area contributed by atoms with Gasteiger partial charge in [-0.25, -0.2) is 17.6 Å². The van der Waals surface area contributed by atoms with Crippen molar-refractivity contribution in [2.24, 2.45) is 28.6 Å². The monoisotopic (exact) mass is 671 g/mol. The highest BCUT2D eigenvalue weighted by molar-refractivity contribution is 8.13. The molecule has 6 nitrogen and oxygen atoms in total. The summed E-state index contributed by atoms with van der Waals surface area (Å²) in [5.41, 5.74) is -5.28. The maximum absolute atomic E-state index is 17.7. The first kappa shape index (κ1) is 32.7. The molecule has 47 heavy (non-hydrogen) atoms. The van der Waals surface area contributed by atoms with Gasteiger partial charge in [0.2, 0.25) is 5.12 Å². The van der Waals surface area contributed by atoms with Gasteiger partial charge in [-0.1, -0.05) is 67.2 Å². The van der Waals surface area contributed by atoms with Gasteiger partial charge in [-0.15, -0.1) is 0 Å². The number of ketones is 1. The number of carbonyl (C=O) groups is 2. The summed E-state index contributed by atoms with van der Waals surface area (Å²) in [5, 5.41) is 12.8. The van der Waals surface area contributed by atoms with Gasteiger partial charge in [0, 0.05) is 29.2 Å². The SMILES string of the molecule is C[C@]12C=CC(=O)C=C1[C@@H](F)C[C@H]1[C@@H]3C[C@H]4CN(C(OCc5ccc(F)cc5)c5ccccc5)O[C@@]4(C(=O)SCF)[C@@]3(C)C[C@H](O)[C@@]12F. The third-order valence-electron chi connectivity index (χ3n) is 11.8. The number of rotatable bonds is 7. The Morgan fingerprint density at radius 3 is 2.55 bits per heavy atom. The van der Waals surface area contributed by atoms with Crippen molar-refractivity contribution in [3.05, 3.63) is 95.3 Å². The smallest absolute Gasteiger partial charge is 0.226 e. The van der Waals surface area contributed by atoms with Crippen LogP contribution in [0.25, 0.3) is 0 Å². The Hall–Kier alpha value is -2.83. The first-order valence-electron chi connectivity index (χ1n) is 16.0. The summed E-state index contributed by atoms with van der Waals surface area (Å²) in [6.45, 7) is 3.57. The van der Waals surface area contributed by atoms with Crippen molar-refractivity contribution in [1.82, 2.24) is 5.06 Å². The van der Waals surface area contributed by atoms with Gasteiger partial charge in [0.25, 0.3) is 0 Å². The fourth-order valence-corrected chi connectivity index (χ4v) is 10.4. The Morgan fingerprint density at radius 2 is 1.85 bits per heavy atom. The Bertz CT molecular complexity index is 1620. The molecule has 1 saturated heterocycles. The minimum Gasteiger partial charge on any atom is -0.390 e. The third kappa shape index (κ3) is 4.67. The molecule has 0 amide bonds. The lowest BCUT2D eigenvalue weighted by molar-refractivity contribution is -0.303. The summed E-state index contributed by atoms with van der Waals surface area (Å²) in [5.74, 6) is -2.95. The molecule has 7 rings (SSSR count). The van der Waals surface area contributed by atoms with Crippen LogP contribution in [0.5, 0.6) is 0 Å². The number of hydrogen-bond donors (Lipinski definition) is 1. The summed E-state index contributed by atoms with van der Waals surface area (Å²) in [4.78, 5) is 33.1. The average Bonchev–Trinajstić information content (AvgIpc) is 3.54. The van der Waals surface area contributed by atoms with Crippen molar-refractivity contribution in [2.45, 2.75) is 69.5 Å². The molecule has 4 aliphatic carbocycles. The van der Waals surface area contributed by atoms with E-state index in [9.17, 15) is 23.5 Å². The first-order chi connectivity index (χ1) is 22.4. The van der Waals surface area contributed by atoms with E-state index in [1.54, 1.807) is 24.1 Å². The number of hydrogen-bond acceptors (Lipinski definition) is 7. The van der Waals surface area contributed by atoms with Gasteiger partial charge in [0.1, 0.15) is 18.0 Å². The molecule has 1 N–H and O–H groups in total. The number of halogens is 4. The molecule has 0 spiro atoms. The van der Waals surface area contributed by atoms with E-state index >= 15 is 8.78 Å². The van der Waals surface area contributed by atoms with E-state index in [4.69, 9.17) is 9.57 Å². The standard InChI is InChI=1S/C36H37F4NO5S/c1-33-13-12-25(42)15-28(33)29(39)16-27-26-14-23-18-41(31(22-6-4-3-5-7-22)45-19-21-8-10-24(38)11-9-21)46-36(23,32(44)47-20-37)34(26,2)17-30(43)35(27,33)40/h3-13,15,23,26-27,29-31,43H,14,16-20H2,1-2H3/t23-,26-,27-,29-,30-,31?,33-,34-,35-,36-/m0/s1. The zero-order valence-electron chi connectivity index (χ0n) is 26.1. The van der Waals surface area contributed by atoms with Gasteiger partial charge in [-0.05, 0) is 73.1 Å². The number of alkyl halides is 3. The molecule has 250 valence electrons. The molecule has 0 bridgehead atoms. The summed E-state index contributed by atoms with van der Waals surface area (Å²) < 4.78 is 67.5. The van der Waals surface area contributed by atoms with E-state index in [0.29, 0.717) is 17.3 Å². The number of aliphatic hydroxyl groups excluding tert-OH is 1. The minimum absolute atomic E-state index is 0.0230. The summed E-state index contributed by atoms with van der Waals surface area (Å²) in [7, 11) is 0. The number of benzene rings is 2. The maximum Gasteiger partial charge on any atom is 0.226 e. The topological polar surface area (TPSA) is 76.1 Å². The largest absolute Gasteiger partial charge is 0.390 e. The van der Waals surface area contributed by atoms with Crippen LogP contribution in [0.2, 0.25) is 0 Å². The summed E-state index contributed by atoms with van der Waals surface area (Å²) >= 11 is 0.478. The fourth-order valence-electron chi connectivity index (χ4n) is 9.63. The van der Waals surface area contributed by atoms with Crippen molar-refractivity contribution in [2.75, 3.05) is 12.6 Å². The Labute approximate surface area is 275 Å². The third-order valence-corrected chi connectivity index (χ3v) is 12.5. The van der Waals surface area contributed by atoms with Crippen LogP contribution in [-0.2, 0) is 25.8 Å². The van der Waals surface area contributed by atoms with Crippen molar-refractivity contribution in [3.63, 3.8) is 0 Å². The highest BCUT2D eigenvalue weighted by atomic mass is 32.2. The Balaban J connectivity index is 1.26. The molecule has 2 aromatic carbocycles. The van der Waals surface area contributed by atoms with Crippen molar-refractivity contribution < 1.29 is 41.8 Å². The molecule has 0 radical (unpaired) electrons. The second-order valence-corrected chi connectivity index (χ2v) is 14.8. The van der Waals surface area contributed by atoms with Crippen molar-refractivity contribution in [1.29, 1.82) is 0 Å². The fraction of sp³-hybridized carbons (Fsp3) is 0.500. The lowest BCUT2D eigenvalue weighted by Crippen LogP contribution is -2.70. The van der Waals surface area contributed by atoms with E-state index in [1.807, 2.05) is 30.3 Å². The van der Waals surface area contributed by atoms with Gasteiger partial charge < -0.3 is 9.84 Å². The number of thioether (sulfide) groups is 1. The number of carbonyl (C=O) groups excluding carboxylic acids is 2. The maximum atomic E-state index is 17.7. The van der Waals surface area contributed by atoms with Gasteiger partial charge in [-0.2, -0.15) is 5.06 Å². The van der Waals surface area contributed by atoms with Crippen molar-refractivity contribution >= 4 is 22.7 Å². The molecule has 1 heterocycles. The van der Waals surface area contributed by atoms with Crippen LogP contribution in [0.15, 0.2) is 78.4 Å². The lowest BCUT2D eigenvalue weighted by Gasteiger charge is -2.63. The number of aliphatic hydroxyl groups is 1. The number of hydroxylamine groups is 2. The van der Waals surface area contributed by atoms with Gasteiger partial charge >= 0.3 is 0 Å². The van der Waals surface area contributed by atoms with Crippen LogP contribution in [0.4, 0.5) is 17.6 Å². The van der Waals surface area contributed by atoms with E-state index in [2.05, 4.69) is 0 Å². The predicted molar refractivity (Wildman–Crippen MR) is 167 cm³/mol. The van der Waals surface area contributed by atoms with E-state index in [-0.39, 0.29) is 43.8 Å². The first-order valence-corrected chi connectivity index (χ1v) is 16.9. The highest BCUT2D eigenvalue weighted by Gasteiger charge is 2.80. The van der Waals surface area contributed by atoms with Gasteiger partial charge in [0.05, 0.1) is 12.7 Å². The zero-order valence-corrected chi connectivity index (χ0v) is 26.9. The van der Waals surface area contributed by atoms with Gasteiger partial charge in [0.15, 0.2) is 23.3 Å².